The first-order valence-corrected chi connectivity index (χ1v) is 5.32. The van der Waals surface area contributed by atoms with Crippen molar-refractivity contribution in [1.82, 2.24) is 0 Å². The van der Waals surface area contributed by atoms with Crippen LogP contribution >= 0.6 is 0 Å². The molecule has 1 atom stereocenters. The second-order valence-corrected chi connectivity index (χ2v) is 3.66. The molecule has 2 rings (SSSR count). The van der Waals surface area contributed by atoms with Crippen LogP contribution in [0.2, 0.25) is 0 Å². The van der Waals surface area contributed by atoms with Gasteiger partial charge in [0.05, 0.1) is 6.10 Å². The van der Waals surface area contributed by atoms with Crippen LogP contribution in [-0.2, 0) is 0 Å². The Balaban J connectivity index is 2.13. The first kappa shape index (κ1) is 10.8. The van der Waals surface area contributed by atoms with Gasteiger partial charge in [-0.25, -0.2) is 0 Å². The van der Waals surface area contributed by atoms with Crippen LogP contribution in [0.25, 0.3) is 0 Å². The van der Waals surface area contributed by atoms with Crippen molar-refractivity contribution < 1.29 is 14.6 Å². The number of aliphatic hydroxyl groups is 1. The lowest BCUT2D eigenvalue weighted by molar-refractivity contribution is 0.160. The summed E-state index contributed by atoms with van der Waals surface area (Å²) in [5.74, 6) is 3.95. The van der Waals surface area contributed by atoms with E-state index in [0.717, 1.165) is 11.3 Å². The van der Waals surface area contributed by atoms with Crippen molar-refractivity contribution in [3.05, 3.63) is 23.8 Å². The second-order valence-electron chi connectivity index (χ2n) is 3.66. The molecule has 0 fully saturated rings. The van der Waals surface area contributed by atoms with Crippen LogP contribution in [0, 0.1) is 12.3 Å². The molecule has 1 aliphatic rings. The predicted octanol–water partition coefficient (Wildman–Crippen LogP) is 1.90. The van der Waals surface area contributed by atoms with Gasteiger partial charge in [0.2, 0.25) is 0 Å². The summed E-state index contributed by atoms with van der Waals surface area (Å²) in [6, 6.07) is 5.48. The third kappa shape index (κ3) is 2.29. The zero-order valence-corrected chi connectivity index (χ0v) is 8.98. The van der Waals surface area contributed by atoms with Crippen LogP contribution in [-0.4, -0.2) is 18.3 Å². The average molecular weight is 218 g/mol. The molecule has 3 heteroatoms. The van der Waals surface area contributed by atoms with Crippen molar-refractivity contribution in [3.63, 3.8) is 0 Å². The molecule has 0 saturated carbocycles. The maximum absolute atomic E-state index is 9.86. The second kappa shape index (κ2) is 4.91. The van der Waals surface area contributed by atoms with Crippen LogP contribution in [0.4, 0.5) is 0 Å². The first-order chi connectivity index (χ1) is 7.81. The highest BCUT2D eigenvalue weighted by atomic mass is 16.6. The molecule has 0 bridgehead atoms. The highest BCUT2D eigenvalue weighted by molar-refractivity contribution is 5.44. The molecule has 0 radical (unpaired) electrons. The molecular weight excluding hydrogens is 204 g/mol. The normalized spacial score (nSPS) is 15.2. The SMILES string of the molecule is C#CCCC(O)c1ccc2c(c1)OCCO2. The molecule has 1 aliphatic heterocycles. The number of benzene rings is 1. The zero-order valence-electron chi connectivity index (χ0n) is 8.98. The van der Waals surface area contributed by atoms with Gasteiger partial charge in [-0.05, 0) is 24.1 Å². The molecule has 0 spiro atoms. The van der Waals surface area contributed by atoms with E-state index in [0.29, 0.717) is 31.8 Å². The summed E-state index contributed by atoms with van der Waals surface area (Å²) >= 11 is 0. The fourth-order valence-electron chi connectivity index (χ4n) is 1.65. The lowest BCUT2D eigenvalue weighted by Crippen LogP contribution is -2.15. The van der Waals surface area contributed by atoms with E-state index in [4.69, 9.17) is 15.9 Å². The molecule has 1 heterocycles. The first-order valence-electron chi connectivity index (χ1n) is 5.32. The average Bonchev–Trinajstić information content (AvgIpc) is 2.35. The summed E-state index contributed by atoms with van der Waals surface area (Å²) in [6.45, 7) is 1.13. The van der Waals surface area contributed by atoms with Crippen LogP contribution in [0.1, 0.15) is 24.5 Å². The minimum Gasteiger partial charge on any atom is -0.486 e. The number of hydrogen-bond donors (Lipinski definition) is 1. The largest absolute Gasteiger partial charge is 0.486 e. The predicted molar refractivity (Wildman–Crippen MR) is 60.5 cm³/mol. The highest BCUT2D eigenvalue weighted by Gasteiger charge is 2.14. The molecular formula is C13H14O3. The number of fused-ring (bicyclic) bond motifs is 1. The molecule has 84 valence electrons. The smallest absolute Gasteiger partial charge is 0.161 e. The van der Waals surface area contributed by atoms with E-state index in [-0.39, 0.29) is 0 Å². The van der Waals surface area contributed by atoms with Crippen LogP contribution in [0.3, 0.4) is 0 Å². The molecule has 1 unspecified atom stereocenters. The van der Waals surface area contributed by atoms with Gasteiger partial charge in [0.15, 0.2) is 11.5 Å². The molecule has 0 aliphatic carbocycles. The third-order valence-corrected chi connectivity index (χ3v) is 2.51. The molecule has 0 amide bonds. The Bertz CT molecular complexity index is 406. The summed E-state index contributed by atoms with van der Waals surface area (Å²) in [5.41, 5.74) is 0.819. The number of rotatable bonds is 3. The topological polar surface area (TPSA) is 38.7 Å². The van der Waals surface area contributed by atoms with E-state index in [1.165, 1.54) is 0 Å². The van der Waals surface area contributed by atoms with E-state index in [1.54, 1.807) is 0 Å². The Labute approximate surface area is 95.0 Å². The van der Waals surface area contributed by atoms with Gasteiger partial charge in [0.1, 0.15) is 13.2 Å². The van der Waals surface area contributed by atoms with Crippen LogP contribution in [0.15, 0.2) is 18.2 Å². The Kier molecular flexibility index (Phi) is 3.33. The maximum atomic E-state index is 9.86. The number of hydrogen-bond acceptors (Lipinski definition) is 3. The summed E-state index contributed by atoms with van der Waals surface area (Å²) in [6.07, 6.45) is 5.76. The van der Waals surface area contributed by atoms with Crippen molar-refractivity contribution >= 4 is 0 Å². The minimum absolute atomic E-state index is 0.535. The van der Waals surface area contributed by atoms with Gasteiger partial charge >= 0.3 is 0 Å². The van der Waals surface area contributed by atoms with E-state index in [9.17, 15) is 5.11 Å². The van der Waals surface area contributed by atoms with Gasteiger partial charge in [0.25, 0.3) is 0 Å². The molecule has 1 N–H and O–H groups in total. The molecule has 0 saturated heterocycles. The summed E-state index contributed by atoms with van der Waals surface area (Å²) < 4.78 is 10.8. The van der Waals surface area contributed by atoms with Gasteiger partial charge in [-0.2, -0.15) is 0 Å². The van der Waals surface area contributed by atoms with E-state index < -0.39 is 6.10 Å². The lowest BCUT2D eigenvalue weighted by Gasteiger charge is -2.20. The van der Waals surface area contributed by atoms with Gasteiger partial charge in [-0.3, -0.25) is 0 Å². The standard InChI is InChI=1S/C13H14O3/c1-2-3-4-11(14)10-5-6-12-13(9-10)16-8-7-15-12/h1,5-6,9,11,14H,3-4,7-8H2. The van der Waals surface area contributed by atoms with Crippen molar-refractivity contribution in [2.45, 2.75) is 18.9 Å². The Morgan fingerprint density at radius 2 is 2.06 bits per heavy atom. The van der Waals surface area contributed by atoms with E-state index in [1.807, 2.05) is 18.2 Å². The van der Waals surface area contributed by atoms with Crippen molar-refractivity contribution in [1.29, 1.82) is 0 Å². The third-order valence-electron chi connectivity index (χ3n) is 2.51. The summed E-state index contributed by atoms with van der Waals surface area (Å²) in [7, 11) is 0. The molecule has 1 aromatic rings. The molecule has 16 heavy (non-hydrogen) atoms. The number of aliphatic hydroxyl groups excluding tert-OH is 1. The van der Waals surface area contributed by atoms with Crippen LogP contribution in [0.5, 0.6) is 11.5 Å². The Morgan fingerprint density at radius 1 is 1.31 bits per heavy atom. The summed E-state index contributed by atoms with van der Waals surface area (Å²) in [5, 5.41) is 9.86. The highest BCUT2D eigenvalue weighted by Crippen LogP contribution is 2.33. The number of ether oxygens (including phenoxy) is 2. The van der Waals surface area contributed by atoms with Crippen molar-refractivity contribution in [3.8, 4) is 23.8 Å². The van der Waals surface area contributed by atoms with Crippen molar-refractivity contribution in [2.75, 3.05) is 13.2 Å². The van der Waals surface area contributed by atoms with Gasteiger partial charge < -0.3 is 14.6 Å². The van der Waals surface area contributed by atoms with Crippen LogP contribution < -0.4 is 9.47 Å². The van der Waals surface area contributed by atoms with Gasteiger partial charge in [0, 0.05) is 6.42 Å². The van der Waals surface area contributed by atoms with Gasteiger partial charge in [-0.15, -0.1) is 12.3 Å². The fraction of sp³-hybridized carbons (Fsp3) is 0.385. The lowest BCUT2D eigenvalue weighted by atomic mass is 10.0. The van der Waals surface area contributed by atoms with E-state index in [2.05, 4.69) is 5.92 Å². The quantitative estimate of drug-likeness (QED) is 0.787. The summed E-state index contributed by atoms with van der Waals surface area (Å²) in [4.78, 5) is 0. The minimum atomic E-state index is -0.535. The Hall–Kier alpha value is -1.66. The molecule has 1 aromatic carbocycles. The zero-order chi connectivity index (χ0) is 11.4. The van der Waals surface area contributed by atoms with Gasteiger partial charge in [-0.1, -0.05) is 6.07 Å². The fourth-order valence-corrected chi connectivity index (χ4v) is 1.65. The Morgan fingerprint density at radius 3 is 2.81 bits per heavy atom. The van der Waals surface area contributed by atoms with Crippen molar-refractivity contribution in [2.24, 2.45) is 0 Å². The number of terminal acetylenes is 1. The molecule has 3 nitrogen and oxygen atoms in total. The molecule has 0 aromatic heterocycles. The monoisotopic (exact) mass is 218 g/mol. The maximum Gasteiger partial charge on any atom is 0.161 e. The van der Waals surface area contributed by atoms with E-state index >= 15 is 0 Å².